The van der Waals surface area contributed by atoms with Crippen LogP contribution >= 0.6 is 0 Å². The molecule has 0 spiro atoms. The van der Waals surface area contributed by atoms with Gasteiger partial charge in [-0.15, -0.1) is 0 Å². The zero-order valence-corrected chi connectivity index (χ0v) is 10.7. The Morgan fingerprint density at radius 3 is 2.55 bits per heavy atom. The number of nitrogens with zero attached hydrogens (tertiary/aromatic N) is 2. The van der Waals surface area contributed by atoms with Crippen LogP contribution in [0.5, 0.6) is 0 Å². The van der Waals surface area contributed by atoms with E-state index in [-0.39, 0.29) is 11.7 Å². The van der Waals surface area contributed by atoms with Gasteiger partial charge in [-0.25, -0.2) is 0 Å². The van der Waals surface area contributed by atoms with Crippen molar-refractivity contribution in [2.75, 3.05) is 0 Å². The highest BCUT2D eigenvalue weighted by Gasteiger charge is 2.14. The zero-order chi connectivity index (χ0) is 14.5. The molecule has 2 aromatic carbocycles. The van der Waals surface area contributed by atoms with E-state index in [0.29, 0.717) is 12.0 Å². The second-order valence-electron chi connectivity index (χ2n) is 4.43. The fourth-order valence-corrected chi connectivity index (χ4v) is 2.02. The van der Waals surface area contributed by atoms with E-state index in [1.807, 2.05) is 36.4 Å². The van der Waals surface area contributed by atoms with Gasteiger partial charge in [0.1, 0.15) is 0 Å². The molecule has 0 aliphatic rings. The second kappa shape index (κ2) is 5.95. The van der Waals surface area contributed by atoms with Gasteiger partial charge in [-0.1, -0.05) is 36.4 Å². The van der Waals surface area contributed by atoms with Gasteiger partial charge in [0.15, 0.2) is 0 Å². The molecule has 1 atom stereocenters. The number of hydrogen-bond acceptors (Lipinski definition) is 4. The van der Waals surface area contributed by atoms with Crippen LogP contribution in [-0.2, 0) is 6.42 Å². The number of benzene rings is 2. The normalized spacial score (nSPS) is 11.6. The average Bonchev–Trinajstić information content (AvgIpc) is 2.48. The summed E-state index contributed by atoms with van der Waals surface area (Å²) in [6.07, 6.45) is 0.463. The third-order valence-electron chi connectivity index (χ3n) is 3.09. The maximum Gasteiger partial charge on any atom is 0.270 e. The SMILES string of the molecule is N#Cc1cc([N+](=O)[O-])ccc1CC(N)c1ccccc1. The van der Waals surface area contributed by atoms with Gasteiger partial charge < -0.3 is 5.73 Å². The first-order valence-electron chi connectivity index (χ1n) is 6.09. The fourth-order valence-electron chi connectivity index (χ4n) is 2.02. The predicted octanol–water partition coefficient (Wildman–Crippen LogP) is 2.71. The molecule has 0 aliphatic heterocycles. The molecule has 20 heavy (non-hydrogen) atoms. The number of nitro groups is 1. The first-order valence-corrected chi connectivity index (χ1v) is 6.09. The molecule has 2 rings (SSSR count). The second-order valence-corrected chi connectivity index (χ2v) is 4.43. The largest absolute Gasteiger partial charge is 0.324 e. The van der Waals surface area contributed by atoms with Crippen molar-refractivity contribution in [1.29, 1.82) is 5.26 Å². The third kappa shape index (κ3) is 2.99. The van der Waals surface area contributed by atoms with Crippen LogP contribution in [0.4, 0.5) is 5.69 Å². The van der Waals surface area contributed by atoms with Crippen LogP contribution in [0.1, 0.15) is 22.7 Å². The standard InChI is InChI=1S/C15H13N3O2/c16-10-13-8-14(18(19)20)7-6-12(13)9-15(17)11-4-2-1-3-5-11/h1-8,15H,9,17H2. The fraction of sp³-hybridized carbons (Fsp3) is 0.133. The summed E-state index contributed by atoms with van der Waals surface area (Å²) >= 11 is 0. The van der Waals surface area contributed by atoms with Crippen molar-refractivity contribution < 1.29 is 4.92 Å². The van der Waals surface area contributed by atoms with Crippen molar-refractivity contribution in [3.05, 3.63) is 75.3 Å². The highest BCUT2D eigenvalue weighted by atomic mass is 16.6. The lowest BCUT2D eigenvalue weighted by Gasteiger charge is -2.12. The zero-order valence-electron chi connectivity index (χ0n) is 10.7. The molecule has 0 bridgehead atoms. The molecule has 0 radical (unpaired) electrons. The molecule has 0 saturated heterocycles. The quantitative estimate of drug-likeness (QED) is 0.680. The number of nitriles is 1. The molecule has 5 heteroatoms. The van der Waals surface area contributed by atoms with Crippen molar-refractivity contribution in [1.82, 2.24) is 0 Å². The van der Waals surface area contributed by atoms with Gasteiger partial charge in [0.05, 0.1) is 16.6 Å². The molecule has 0 amide bonds. The van der Waals surface area contributed by atoms with Crippen LogP contribution in [-0.4, -0.2) is 4.92 Å². The van der Waals surface area contributed by atoms with Gasteiger partial charge in [-0.3, -0.25) is 10.1 Å². The summed E-state index contributed by atoms with van der Waals surface area (Å²) < 4.78 is 0. The Bertz CT molecular complexity index is 663. The molecular formula is C15H13N3O2. The minimum atomic E-state index is -0.512. The summed E-state index contributed by atoms with van der Waals surface area (Å²) in [5.74, 6) is 0. The molecule has 0 aromatic heterocycles. The van der Waals surface area contributed by atoms with Gasteiger partial charge >= 0.3 is 0 Å². The number of rotatable bonds is 4. The lowest BCUT2D eigenvalue weighted by atomic mass is 9.96. The Labute approximate surface area is 116 Å². The molecule has 1 unspecified atom stereocenters. The van der Waals surface area contributed by atoms with Crippen molar-refractivity contribution in [2.24, 2.45) is 5.73 Å². The van der Waals surface area contributed by atoms with Crippen LogP contribution in [0.15, 0.2) is 48.5 Å². The summed E-state index contributed by atoms with van der Waals surface area (Å²) in [6.45, 7) is 0. The van der Waals surface area contributed by atoms with E-state index in [1.165, 1.54) is 12.1 Å². The predicted molar refractivity (Wildman–Crippen MR) is 74.9 cm³/mol. The Hall–Kier alpha value is -2.71. The minimum Gasteiger partial charge on any atom is -0.324 e. The summed E-state index contributed by atoms with van der Waals surface area (Å²) in [4.78, 5) is 10.2. The van der Waals surface area contributed by atoms with E-state index >= 15 is 0 Å². The lowest BCUT2D eigenvalue weighted by molar-refractivity contribution is -0.384. The highest BCUT2D eigenvalue weighted by Crippen LogP contribution is 2.22. The van der Waals surface area contributed by atoms with Gasteiger partial charge in [-0.2, -0.15) is 5.26 Å². The molecule has 0 aliphatic carbocycles. The Morgan fingerprint density at radius 2 is 1.95 bits per heavy atom. The van der Waals surface area contributed by atoms with Crippen molar-refractivity contribution >= 4 is 5.69 Å². The van der Waals surface area contributed by atoms with Crippen molar-refractivity contribution in [3.8, 4) is 6.07 Å². The van der Waals surface area contributed by atoms with E-state index in [0.717, 1.165) is 11.1 Å². The Morgan fingerprint density at radius 1 is 1.25 bits per heavy atom. The Balaban J connectivity index is 2.26. The maximum absolute atomic E-state index is 10.7. The van der Waals surface area contributed by atoms with Crippen LogP contribution < -0.4 is 5.73 Å². The van der Waals surface area contributed by atoms with Crippen LogP contribution in [0.25, 0.3) is 0 Å². The molecule has 0 saturated carbocycles. The number of nitrogens with two attached hydrogens (primary N) is 1. The summed E-state index contributed by atoms with van der Waals surface area (Å²) in [5, 5.41) is 19.8. The highest BCUT2D eigenvalue weighted by molar-refractivity contribution is 5.47. The first-order chi connectivity index (χ1) is 9.61. The maximum atomic E-state index is 10.7. The van der Waals surface area contributed by atoms with Crippen molar-refractivity contribution in [2.45, 2.75) is 12.5 Å². The molecule has 0 fully saturated rings. The number of nitro benzene ring substituents is 1. The van der Waals surface area contributed by atoms with Crippen molar-refractivity contribution in [3.63, 3.8) is 0 Å². The minimum absolute atomic E-state index is 0.0846. The molecule has 5 nitrogen and oxygen atoms in total. The number of non-ortho nitro benzene ring substituents is 1. The lowest BCUT2D eigenvalue weighted by Crippen LogP contribution is -2.14. The smallest absolute Gasteiger partial charge is 0.270 e. The van der Waals surface area contributed by atoms with Gasteiger partial charge in [-0.05, 0) is 17.5 Å². The van der Waals surface area contributed by atoms with E-state index in [1.54, 1.807) is 6.07 Å². The summed E-state index contributed by atoms with van der Waals surface area (Å²) in [7, 11) is 0. The topological polar surface area (TPSA) is 92.9 Å². The summed E-state index contributed by atoms with van der Waals surface area (Å²) in [5.41, 5.74) is 8.00. The van der Waals surface area contributed by atoms with E-state index in [2.05, 4.69) is 0 Å². The van der Waals surface area contributed by atoms with E-state index in [9.17, 15) is 10.1 Å². The van der Waals surface area contributed by atoms with Crippen LogP contribution in [0.3, 0.4) is 0 Å². The monoisotopic (exact) mass is 267 g/mol. The first kappa shape index (κ1) is 13.7. The third-order valence-corrected chi connectivity index (χ3v) is 3.09. The Kier molecular flexibility index (Phi) is 4.08. The average molecular weight is 267 g/mol. The van der Waals surface area contributed by atoms with Crippen LogP contribution in [0.2, 0.25) is 0 Å². The molecule has 100 valence electrons. The van der Waals surface area contributed by atoms with Gasteiger partial charge in [0.25, 0.3) is 5.69 Å². The number of hydrogen-bond donors (Lipinski definition) is 1. The van der Waals surface area contributed by atoms with Gasteiger partial charge in [0.2, 0.25) is 0 Å². The van der Waals surface area contributed by atoms with E-state index < -0.39 is 4.92 Å². The summed E-state index contributed by atoms with van der Waals surface area (Å²) in [6, 6.07) is 15.6. The molecular weight excluding hydrogens is 254 g/mol. The van der Waals surface area contributed by atoms with Crippen LogP contribution in [0, 0.1) is 21.4 Å². The van der Waals surface area contributed by atoms with E-state index in [4.69, 9.17) is 11.0 Å². The molecule has 2 aromatic rings. The molecule has 0 heterocycles. The van der Waals surface area contributed by atoms with Gasteiger partial charge in [0, 0.05) is 18.2 Å². The molecule has 2 N–H and O–H groups in total.